The second kappa shape index (κ2) is 5.65. The molecule has 3 heterocycles. The molecule has 0 aromatic rings. The summed E-state index contributed by atoms with van der Waals surface area (Å²) in [6, 6.07) is 0.701. The molecule has 17 heavy (non-hydrogen) atoms. The summed E-state index contributed by atoms with van der Waals surface area (Å²) in [6.07, 6.45) is 2.49. The molecule has 0 N–H and O–H groups in total. The van der Waals surface area contributed by atoms with Crippen LogP contribution in [0.15, 0.2) is 0 Å². The highest BCUT2D eigenvalue weighted by Gasteiger charge is 2.28. The Morgan fingerprint density at radius 2 is 1.65 bits per heavy atom. The topological polar surface area (TPSA) is 24.9 Å². The summed E-state index contributed by atoms with van der Waals surface area (Å²) >= 11 is 0. The van der Waals surface area contributed by atoms with Gasteiger partial charge < -0.3 is 14.4 Å². The highest BCUT2D eigenvalue weighted by Crippen LogP contribution is 2.18. The summed E-state index contributed by atoms with van der Waals surface area (Å²) in [5.41, 5.74) is 0. The van der Waals surface area contributed by atoms with Crippen molar-refractivity contribution in [2.24, 2.45) is 5.92 Å². The number of ether oxygens (including phenoxy) is 2. The largest absolute Gasteiger partial charge is 0.381 e. The molecule has 0 unspecified atom stereocenters. The molecule has 0 aliphatic carbocycles. The van der Waals surface area contributed by atoms with Crippen LogP contribution < -0.4 is 0 Å². The van der Waals surface area contributed by atoms with E-state index in [1.165, 1.54) is 45.6 Å². The first kappa shape index (κ1) is 11.9. The van der Waals surface area contributed by atoms with Gasteiger partial charge in [0.25, 0.3) is 0 Å². The van der Waals surface area contributed by atoms with Crippen LogP contribution in [0.5, 0.6) is 0 Å². The monoisotopic (exact) mass is 240 g/mol. The molecule has 0 saturated carbocycles. The molecule has 0 aromatic carbocycles. The Morgan fingerprint density at radius 1 is 0.882 bits per heavy atom. The van der Waals surface area contributed by atoms with Gasteiger partial charge in [0.05, 0.1) is 13.2 Å². The second-order valence-electron chi connectivity index (χ2n) is 5.58. The first-order chi connectivity index (χ1) is 8.42. The molecule has 0 spiro atoms. The normalized spacial score (nSPS) is 36.7. The molecule has 3 saturated heterocycles. The Morgan fingerprint density at radius 3 is 2.29 bits per heavy atom. The van der Waals surface area contributed by atoms with Gasteiger partial charge in [-0.3, -0.25) is 4.90 Å². The van der Waals surface area contributed by atoms with Crippen LogP contribution in [-0.4, -0.2) is 75.0 Å². The summed E-state index contributed by atoms with van der Waals surface area (Å²) in [7, 11) is 0. The lowest BCUT2D eigenvalue weighted by Crippen LogP contribution is -2.51. The number of piperazine rings is 1. The first-order valence-corrected chi connectivity index (χ1v) is 7.04. The standard InChI is InChI=1S/C13H24N2O2/c1-7-16-10-12(1)9-14-3-5-15(6-4-14)13-2-8-17-11-13/h12-13H,1-11H2/t12-,13+/m1/s1. The van der Waals surface area contributed by atoms with Crippen molar-refractivity contribution in [3.05, 3.63) is 0 Å². The number of nitrogens with zero attached hydrogens (tertiary/aromatic N) is 2. The van der Waals surface area contributed by atoms with Crippen LogP contribution in [0.3, 0.4) is 0 Å². The van der Waals surface area contributed by atoms with Crippen LogP contribution in [0.1, 0.15) is 12.8 Å². The van der Waals surface area contributed by atoms with Gasteiger partial charge in [0.2, 0.25) is 0 Å². The maximum Gasteiger partial charge on any atom is 0.0622 e. The minimum atomic E-state index is 0.701. The summed E-state index contributed by atoms with van der Waals surface area (Å²) < 4.78 is 10.9. The lowest BCUT2D eigenvalue weighted by molar-refractivity contribution is 0.0747. The zero-order valence-electron chi connectivity index (χ0n) is 10.6. The fraction of sp³-hybridized carbons (Fsp3) is 1.00. The van der Waals surface area contributed by atoms with E-state index in [-0.39, 0.29) is 0 Å². The van der Waals surface area contributed by atoms with Crippen molar-refractivity contribution in [3.8, 4) is 0 Å². The minimum absolute atomic E-state index is 0.701. The minimum Gasteiger partial charge on any atom is -0.381 e. The zero-order valence-corrected chi connectivity index (χ0v) is 10.6. The summed E-state index contributed by atoms with van der Waals surface area (Å²) in [5.74, 6) is 0.788. The Balaban J connectivity index is 1.40. The molecule has 3 rings (SSSR count). The van der Waals surface area contributed by atoms with E-state index < -0.39 is 0 Å². The van der Waals surface area contributed by atoms with Gasteiger partial charge in [-0.25, -0.2) is 0 Å². The molecular weight excluding hydrogens is 216 g/mol. The van der Waals surface area contributed by atoms with Crippen molar-refractivity contribution < 1.29 is 9.47 Å². The third-order valence-corrected chi connectivity index (χ3v) is 4.37. The first-order valence-electron chi connectivity index (χ1n) is 7.04. The van der Waals surface area contributed by atoms with E-state index in [2.05, 4.69) is 9.80 Å². The average molecular weight is 240 g/mol. The van der Waals surface area contributed by atoms with Crippen molar-refractivity contribution in [2.75, 3.05) is 59.2 Å². The summed E-state index contributed by atoms with van der Waals surface area (Å²) in [6.45, 7) is 10.0. The summed E-state index contributed by atoms with van der Waals surface area (Å²) in [4.78, 5) is 5.24. The second-order valence-corrected chi connectivity index (χ2v) is 5.58. The van der Waals surface area contributed by atoms with Gasteiger partial charge >= 0.3 is 0 Å². The average Bonchev–Trinajstić information content (AvgIpc) is 3.01. The van der Waals surface area contributed by atoms with E-state index in [4.69, 9.17) is 9.47 Å². The van der Waals surface area contributed by atoms with Gasteiger partial charge in [0, 0.05) is 52.0 Å². The van der Waals surface area contributed by atoms with Crippen molar-refractivity contribution in [3.63, 3.8) is 0 Å². The zero-order chi connectivity index (χ0) is 11.5. The number of rotatable bonds is 3. The van der Waals surface area contributed by atoms with Crippen molar-refractivity contribution in [1.29, 1.82) is 0 Å². The lowest BCUT2D eigenvalue weighted by atomic mass is 10.1. The highest BCUT2D eigenvalue weighted by atomic mass is 16.5. The van der Waals surface area contributed by atoms with Crippen LogP contribution in [-0.2, 0) is 9.47 Å². The number of hydrogen-bond acceptors (Lipinski definition) is 4. The third-order valence-electron chi connectivity index (χ3n) is 4.37. The van der Waals surface area contributed by atoms with E-state index >= 15 is 0 Å². The molecule has 4 heteroatoms. The van der Waals surface area contributed by atoms with Crippen LogP contribution in [0, 0.1) is 5.92 Å². The van der Waals surface area contributed by atoms with Crippen LogP contribution >= 0.6 is 0 Å². The fourth-order valence-electron chi connectivity index (χ4n) is 3.21. The van der Waals surface area contributed by atoms with Crippen molar-refractivity contribution >= 4 is 0 Å². The van der Waals surface area contributed by atoms with Gasteiger partial charge in [0.1, 0.15) is 0 Å². The Bertz CT molecular complexity index is 230. The maximum atomic E-state index is 5.47. The maximum absolute atomic E-state index is 5.47. The number of hydrogen-bond donors (Lipinski definition) is 0. The SMILES string of the molecule is C1C[C@H](CN2CCN([C@H]3CCOC3)CC2)CO1. The van der Waals surface area contributed by atoms with Crippen molar-refractivity contribution in [1.82, 2.24) is 9.80 Å². The van der Waals surface area contributed by atoms with Gasteiger partial charge in [-0.1, -0.05) is 0 Å². The van der Waals surface area contributed by atoms with E-state index in [1.807, 2.05) is 0 Å². The Hall–Kier alpha value is -0.160. The molecule has 3 aliphatic rings. The van der Waals surface area contributed by atoms with Crippen LogP contribution in [0.25, 0.3) is 0 Å². The predicted octanol–water partition coefficient (Wildman–Crippen LogP) is 0.429. The molecule has 0 radical (unpaired) electrons. The van der Waals surface area contributed by atoms with Gasteiger partial charge in [-0.2, -0.15) is 0 Å². The van der Waals surface area contributed by atoms with E-state index in [1.54, 1.807) is 0 Å². The molecule has 4 nitrogen and oxygen atoms in total. The molecule has 0 bridgehead atoms. The molecule has 3 fully saturated rings. The van der Waals surface area contributed by atoms with E-state index in [9.17, 15) is 0 Å². The molecule has 2 atom stereocenters. The van der Waals surface area contributed by atoms with Gasteiger partial charge in [0.15, 0.2) is 0 Å². The molecule has 0 aromatic heterocycles. The third kappa shape index (κ3) is 2.99. The molecule has 98 valence electrons. The molecule has 3 aliphatic heterocycles. The fourth-order valence-corrected chi connectivity index (χ4v) is 3.21. The Labute approximate surface area is 104 Å². The molecular formula is C13H24N2O2. The van der Waals surface area contributed by atoms with Crippen LogP contribution in [0.4, 0.5) is 0 Å². The highest BCUT2D eigenvalue weighted by molar-refractivity contribution is 4.82. The van der Waals surface area contributed by atoms with Crippen LogP contribution in [0.2, 0.25) is 0 Å². The van der Waals surface area contributed by atoms with E-state index in [0.29, 0.717) is 6.04 Å². The smallest absolute Gasteiger partial charge is 0.0622 e. The van der Waals surface area contributed by atoms with Crippen molar-refractivity contribution in [2.45, 2.75) is 18.9 Å². The van der Waals surface area contributed by atoms with Gasteiger partial charge in [-0.05, 0) is 18.8 Å². The molecule has 0 amide bonds. The van der Waals surface area contributed by atoms with Gasteiger partial charge in [-0.15, -0.1) is 0 Å². The predicted molar refractivity (Wildman–Crippen MR) is 66.2 cm³/mol. The Kier molecular flexibility index (Phi) is 3.96. The quantitative estimate of drug-likeness (QED) is 0.714. The summed E-state index contributed by atoms with van der Waals surface area (Å²) in [5, 5.41) is 0. The van der Waals surface area contributed by atoms with E-state index in [0.717, 1.165) is 32.3 Å². The lowest BCUT2D eigenvalue weighted by Gasteiger charge is -2.38.